The van der Waals surface area contributed by atoms with Gasteiger partial charge in [0.05, 0.1) is 5.69 Å². The summed E-state index contributed by atoms with van der Waals surface area (Å²) in [5.41, 5.74) is 5.84. The molecule has 2 heterocycles. The van der Waals surface area contributed by atoms with Crippen molar-refractivity contribution in [2.45, 2.75) is 19.9 Å². The standard InChI is InChI=1S/C20H20N2O/c1-14-16(15-7-4-3-5-8-15)9-6-10-17(14)20-21-18-13-22(2)12-11-19(18)23-20/h3-10H,11-13H2,1-2H3. The van der Waals surface area contributed by atoms with Crippen molar-refractivity contribution >= 4 is 0 Å². The Morgan fingerprint density at radius 1 is 1.00 bits per heavy atom. The van der Waals surface area contributed by atoms with Gasteiger partial charge in [0.2, 0.25) is 5.89 Å². The molecule has 116 valence electrons. The zero-order chi connectivity index (χ0) is 15.8. The third-order valence-corrected chi connectivity index (χ3v) is 4.57. The van der Waals surface area contributed by atoms with E-state index in [1.54, 1.807) is 0 Å². The minimum absolute atomic E-state index is 0.751. The number of oxazole rings is 1. The second-order valence-electron chi connectivity index (χ2n) is 6.22. The number of nitrogens with zero attached hydrogens (tertiary/aromatic N) is 2. The minimum Gasteiger partial charge on any atom is -0.441 e. The number of hydrogen-bond donors (Lipinski definition) is 0. The van der Waals surface area contributed by atoms with Crippen LogP contribution in [-0.2, 0) is 13.0 Å². The zero-order valence-corrected chi connectivity index (χ0v) is 13.5. The van der Waals surface area contributed by atoms with Crippen molar-refractivity contribution in [2.24, 2.45) is 0 Å². The Kier molecular flexibility index (Phi) is 3.50. The molecule has 23 heavy (non-hydrogen) atoms. The number of fused-ring (bicyclic) bond motifs is 1. The van der Waals surface area contributed by atoms with E-state index in [-0.39, 0.29) is 0 Å². The van der Waals surface area contributed by atoms with Gasteiger partial charge in [-0.15, -0.1) is 0 Å². The highest BCUT2D eigenvalue weighted by Crippen LogP contribution is 2.33. The summed E-state index contributed by atoms with van der Waals surface area (Å²) in [5.74, 6) is 1.79. The van der Waals surface area contributed by atoms with Crippen LogP contribution in [0.1, 0.15) is 17.0 Å². The van der Waals surface area contributed by atoms with Crippen LogP contribution in [0.2, 0.25) is 0 Å². The Hall–Kier alpha value is -2.39. The van der Waals surface area contributed by atoms with E-state index in [9.17, 15) is 0 Å². The largest absolute Gasteiger partial charge is 0.441 e. The molecule has 0 N–H and O–H groups in total. The molecule has 0 saturated carbocycles. The molecular formula is C20H20N2O. The van der Waals surface area contributed by atoms with Crippen LogP contribution in [0.3, 0.4) is 0 Å². The van der Waals surface area contributed by atoms with Crippen LogP contribution in [0.25, 0.3) is 22.6 Å². The fourth-order valence-corrected chi connectivity index (χ4v) is 3.24. The first-order valence-electron chi connectivity index (χ1n) is 8.05. The summed E-state index contributed by atoms with van der Waals surface area (Å²) in [7, 11) is 2.12. The lowest BCUT2D eigenvalue weighted by Crippen LogP contribution is -2.25. The Bertz CT molecular complexity index is 836. The Morgan fingerprint density at radius 2 is 1.78 bits per heavy atom. The first-order chi connectivity index (χ1) is 11.2. The quantitative estimate of drug-likeness (QED) is 0.706. The lowest BCUT2D eigenvalue weighted by molar-refractivity contribution is 0.292. The van der Waals surface area contributed by atoms with E-state index in [1.807, 2.05) is 6.07 Å². The topological polar surface area (TPSA) is 29.3 Å². The third-order valence-electron chi connectivity index (χ3n) is 4.57. The van der Waals surface area contributed by atoms with Crippen molar-refractivity contribution in [1.82, 2.24) is 9.88 Å². The molecule has 3 nitrogen and oxygen atoms in total. The van der Waals surface area contributed by atoms with E-state index in [0.29, 0.717) is 0 Å². The number of benzene rings is 2. The van der Waals surface area contributed by atoms with E-state index < -0.39 is 0 Å². The van der Waals surface area contributed by atoms with Gasteiger partial charge in [-0.05, 0) is 36.7 Å². The van der Waals surface area contributed by atoms with Gasteiger partial charge in [0.1, 0.15) is 5.76 Å². The van der Waals surface area contributed by atoms with E-state index in [0.717, 1.165) is 42.4 Å². The molecule has 4 rings (SSSR count). The van der Waals surface area contributed by atoms with Gasteiger partial charge in [-0.25, -0.2) is 4.98 Å². The highest BCUT2D eigenvalue weighted by Gasteiger charge is 2.21. The molecule has 1 aliphatic rings. The van der Waals surface area contributed by atoms with Crippen molar-refractivity contribution in [3.63, 3.8) is 0 Å². The van der Waals surface area contributed by atoms with Crippen LogP contribution in [0, 0.1) is 6.92 Å². The highest BCUT2D eigenvalue weighted by molar-refractivity contribution is 5.75. The molecule has 0 saturated heterocycles. The summed E-state index contributed by atoms with van der Waals surface area (Å²) in [5, 5.41) is 0. The predicted molar refractivity (Wildman–Crippen MR) is 92.2 cm³/mol. The molecule has 2 aromatic carbocycles. The highest BCUT2D eigenvalue weighted by atomic mass is 16.4. The zero-order valence-electron chi connectivity index (χ0n) is 13.5. The number of likely N-dealkylation sites (N-methyl/N-ethyl adjacent to an activating group) is 1. The molecule has 0 radical (unpaired) electrons. The Labute approximate surface area is 136 Å². The summed E-state index contributed by atoms with van der Waals surface area (Å²) in [6.45, 7) is 4.05. The maximum Gasteiger partial charge on any atom is 0.226 e. The molecule has 0 unspecified atom stereocenters. The van der Waals surface area contributed by atoms with Crippen LogP contribution < -0.4 is 0 Å². The van der Waals surface area contributed by atoms with Crippen molar-refractivity contribution in [3.8, 4) is 22.6 Å². The monoisotopic (exact) mass is 304 g/mol. The molecule has 0 spiro atoms. The summed E-state index contributed by atoms with van der Waals surface area (Å²) in [4.78, 5) is 7.04. The van der Waals surface area contributed by atoms with E-state index in [2.05, 4.69) is 61.3 Å². The van der Waals surface area contributed by atoms with Crippen LogP contribution in [-0.4, -0.2) is 23.5 Å². The maximum atomic E-state index is 6.07. The fraction of sp³-hybridized carbons (Fsp3) is 0.250. The summed E-state index contributed by atoms with van der Waals surface area (Å²) >= 11 is 0. The molecule has 1 aromatic heterocycles. The van der Waals surface area contributed by atoms with Gasteiger partial charge in [0.15, 0.2) is 0 Å². The second-order valence-corrected chi connectivity index (χ2v) is 6.22. The Balaban J connectivity index is 1.79. The second kappa shape index (κ2) is 5.67. The molecule has 0 aliphatic carbocycles. The molecule has 1 aliphatic heterocycles. The third kappa shape index (κ3) is 2.57. The van der Waals surface area contributed by atoms with Gasteiger partial charge < -0.3 is 4.42 Å². The summed E-state index contributed by atoms with van der Waals surface area (Å²) in [6.07, 6.45) is 0.941. The first-order valence-corrected chi connectivity index (χ1v) is 8.05. The lowest BCUT2D eigenvalue weighted by atomic mass is 9.96. The van der Waals surface area contributed by atoms with Gasteiger partial charge in [0.25, 0.3) is 0 Å². The van der Waals surface area contributed by atoms with E-state index >= 15 is 0 Å². The van der Waals surface area contributed by atoms with Crippen molar-refractivity contribution in [2.75, 3.05) is 13.6 Å². The van der Waals surface area contributed by atoms with Crippen LogP contribution in [0.5, 0.6) is 0 Å². The van der Waals surface area contributed by atoms with Crippen molar-refractivity contribution < 1.29 is 4.42 Å². The smallest absolute Gasteiger partial charge is 0.226 e. The van der Waals surface area contributed by atoms with Crippen LogP contribution in [0.4, 0.5) is 0 Å². The number of aromatic nitrogens is 1. The average Bonchev–Trinajstić information content (AvgIpc) is 2.98. The van der Waals surface area contributed by atoms with Crippen molar-refractivity contribution in [3.05, 3.63) is 65.5 Å². The van der Waals surface area contributed by atoms with Crippen LogP contribution >= 0.6 is 0 Å². The normalized spacial score (nSPS) is 14.7. The van der Waals surface area contributed by atoms with Gasteiger partial charge in [-0.2, -0.15) is 0 Å². The van der Waals surface area contributed by atoms with Gasteiger partial charge in [-0.1, -0.05) is 42.5 Å². The number of hydrogen-bond acceptors (Lipinski definition) is 3. The lowest BCUT2D eigenvalue weighted by Gasteiger charge is -2.19. The van der Waals surface area contributed by atoms with Gasteiger partial charge >= 0.3 is 0 Å². The maximum absolute atomic E-state index is 6.07. The molecule has 0 amide bonds. The summed E-state index contributed by atoms with van der Waals surface area (Å²) < 4.78 is 6.07. The average molecular weight is 304 g/mol. The van der Waals surface area contributed by atoms with Gasteiger partial charge in [-0.3, -0.25) is 4.90 Å². The SMILES string of the molecule is Cc1c(-c2ccccc2)cccc1-c1nc2c(o1)CCN(C)C2. The first kappa shape index (κ1) is 14.2. The van der Waals surface area contributed by atoms with Crippen LogP contribution in [0.15, 0.2) is 52.9 Å². The molecule has 0 fully saturated rings. The summed E-state index contributed by atoms with van der Waals surface area (Å²) in [6, 6.07) is 16.8. The van der Waals surface area contributed by atoms with Crippen molar-refractivity contribution in [1.29, 1.82) is 0 Å². The Morgan fingerprint density at radius 3 is 2.61 bits per heavy atom. The molecule has 3 heteroatoms. The van der Waals surface area contributed by atoms with E-state index in [1.165, 1.54) is 16.7 Å². The van der Waals surface area contributed by atoms with Gasteiger partial charge in [0, 0.05) is 25.1 Å². The minimum atomic E-state index is 0.751. The molecule has 0 bridgehead atoms. The molecule has 3 aromatic rings. The van der Waals surface area contributed by atoms with E-state index in [4.69, 9.17) is 9.40 Å². The number of rotatable bonds is 2. The fourth-order valence-electron chi connectivity index (χ4n) is 3.24. The molecular weight excluding hydrogens is 284 g/mol. The molecule has 0 atom stereocenters. The predicted octanol–water partition coefficient (Wildman–Crippen LogP) is 4.30.